The van der Waals surface area contributed by atoms with E-state index in [0.717, 1.165) is 23.4 Å². The first kappa shape index (κ1) is 27.5. The molecule has 0 fully saturated rings. The monoisotopic (exact) mass is 469 g/mol. The van der Waals surface area contributed by atoms with Crippen molar-refractivity contribution in [3.05, 3.63) is 53.9 Å². The summed E-state index contributed by atoms with van der Waals surface area (Å²) in [6.07, 6.45) is 3.37. The molecule has 0 N–H and O–H groups in total. The molecule has 2 amide bonds. The normalized spacial score (nSPS) is 12.1. The number of hydrogen-bond acceptors (Lipinski definition) is 3. The quantitative estimate of drug-likeness (QED) is 0.405. The molecule has 0 bridgehead atoms. The van der Waals surface area contributed by atoms with Gasteiger partial charge in [0.05, 0.1) is 20.2 Å². The summed E-state index contributed by atoms with van der Waals surface area (Å²) in [5.74, 6) is 1.46. The first-order valence-electron chi connectivity index (χ1n) is 12.5. The molecular weight excluding hydrogens is 426 g/mol. The van der Waals surface area contributed by atoms with E-state index < -0.39 is 0 Å². The fraction of sp³-hybridized carbons (Fsp3) is 0.571. The largest absolute Gasteiger partial charge is 0.497 e. The van der Waals surface area contributed by atoms with E-state index in [1.54, 1.807) is 12.0 Å². The number of aromatic nitrogens is 1. The van der Waals surface area contributed by atoms with E-state index in [1.807, 2.05) is 49.2 Å². The van der Waals surface area contributed by atoms with Crippen LogP contribution in [0.1, 0.15) is 65.6 Å². The zero-order valence-electron chi connectivity index (χ0n) is 22.1. The van der Waals surface area contributed by atoms with Gasteiger partial charge in [0.15, 0.2) is 0 Å². The van der Waals surface area contributed by atoms with E-state index in [2.05, 4.69) is 44.4 Å². The first-order chi connectivity index (χ1) is 16.1. The predicted molar refractivity (Wildman–Crippen MR) is 138 cm³/mol. The van der Waals surface area contributed by atoms with Crippen molar-refractivity contribution in [3.63, 3.8) is 0 Å². The third-order valence-electron chi connectivity index (χ3n) is 6.03. The minimum atomic E-state index is 0.00114. The predicted octanol–water partition coefficient (Wildman–Crippen LogP) is 5.20. The number of amides is 2. The van der Waals surface area contributed by atoms with Gasteiger partial charge in [-0.05, 0) is 55.0 Å². The van der Waals surface area contributed by atoms with Crippen molar-refractivity contribution < 1.29 is 14.3 Å². The van der Waals surface area contributed by atoms with Crippen molar-refractivity contribution in [2.75, 3.05) is 20.2 Å². The Labute approximate surface area is 205 Å². The highest BCUT2D eigenvalue weighted by molar-refractivity contribution is 5.85. The Morgan fingerprint density at radius 1 is 1.00 bits per heavy atom. The summed E-state index contributed by atoms with van der Waals surface area (Å²) in [5.41, 5.74) is 2.21. The van der Waals surface area contributed by atoms with Gasteiger partial charge in [0.25, 0.3) is 0 Å². The lowest BCUT2D eigenvalue weighted by Crippen LogP contribution is -2.47. The molecule has 0 spiro atoms. The summed E-state index contributed by atoms with van der Waals surface area (Å²) in [6.45, 7) is 14.3. The van der Waals surface area contributed by atoms with Crippen molar-refractivity contribution in [3.8, 4) is 5.75 Å². The summed E-state index contributed by atoms with van der Waals surface area (Å²) in [4.78, 5) is 30.0. The molecule has 2 rings (SSSR count). The van der Waals surface area contributed by atoms with Gasteiger partial charge in [-0.2, -0.15) is 0 Å². The maximum absolute atomic E-state index is 13.5. The maximum Gasteiger partial charge on any atom is 0.242 e. The van der Waals surface area contributed by atoms with Crippen LogP contribution in [0, 0.1) is 11.8 Å². The second kappa shape index (κ2) is 13.2. The highest BCUT2D eigenvalue weighted by Crippen LogP contribution is 2.18. The van der Waals surface area contributed by atoms with Crippen LogP contribution in [0.5, 0.6) is 5.75 Å². The van der Waals surface area contributed by atoms with Crippen LogP contribution in [0.25, 0.3) is 0 Å². The van der Waals surface area contributed by atoms with Crippen LogP contribution < -0.4 is 4.74 Å². The fourth-order valence-corrected chi connectivity index (χ4v) is 4.03. The number of methoxy groups -OCH3 is 1. The van der Waals surface area contributed by atoms with Crippen molar-refractivity contribution in [1.29, 1.82) is 0 Å². The molecule has 0 saturated carbocycles. The van der Waals surface area contributed by atoms with Gasteiger partial charge in [0.2, 0.25) is 11.8 Å². The third kappa shape index (κ3) is 8.23. The molecule has 2 aromatic rings. The zero-order chi connectivity index (χ0) is 25.3. The lowest BCUT2D eigenvalue weighted by molar-refractivity contribution is -0.143. The van der Waals surface area contributed by atoms with E-state index in [0.29, 0.717) is 32.0 Å². The van der Waals surface area contributed by atoms with E-state index >= 15 is 0 Å². The van der Waals surface area contributed by atoms with Crippen LogP contribution in [-0.4, -0.2) is 52.4 Å². The molecule has 1 aromatic carbocycles. The Morgan fingerprint density at radius 2 is 1.74 bits per heavy atom. The molecule has 0 aliphatic carbocycles. The van der Waals surface area contributed by atoms with Gasteiger partial charge < -0.3 is 19.1 Å². The standard InChI is InChI=1S/C28H43N3O3/c1-8-23(6)31(28(33)20-30(17-22(4)5)27(32)15-21(2)3)19-25-12-10-14-29(25)18-24-11-9-13-26(16-24)34-7/h9-14,16,21-23H,8,15,17-20H2,1-7H3. The van der Waals surface area contributed by atoms with Crippen molar-refractivity contribution >= 4 is 11.8 Å². The summed E-state index contributed by atoms with van der Waals surface area (Å²) >= 11 is 0. The Morgan fingerprint density at radius 3 is 2.35 bits per heavy atom. The smallest absolute Gasteiger partial charge is 0.242 e. The Balaban J connectivity index is 2.20. The van der Waals surface area contributed by atoms with Gasteiger partial charge in [-0.25, -0.2) is 0 Å². The fourth-order valence-electron chi connectivity index (χ4n) is 4.03. The second-order valence-corrected chi connectivity index (χ2v) is 10.0. The van der Waals surface area contributed by atoms with Gasteiger partial charge in [-0.15, -0.1) is 0 Å². The van der Waals surface area contributed by atoms with Gasteiger partial charge in [-0.3, -0.25) is 9.59 Å². The summed E-state index contributed by atoms with van der Waals surface area (Å²) < 4.78 is 7.53. The number of carbonyl (C=O) groups is 2. The lowest BCUT2D eigenvalue weighted by Gasteiger charge is -2.32. The summed E-state index contributed by atoms with van der Waals surface area (Å²) in [7, 11) is 1.67. The third-order valence-corrected chi connectivity index (χ3v) is 6.03. The Kier molecular flexibility index (Phi) is 10.7. The number of rotatable bonds is 13. The van der Waals surface area contributed by atoms with Crippen molar-refractivity contribution in [2.24, 2.45) is 11.8 Å². The molecule has 1 heterocycles. The Hall–Kier alpha value is -2.76. The van der Waals surface area contributed by atoms with Crippen LogP contribution in [0.4, 0.5) is 0 Å². The van der Waals surface area contributed by atoms with Crippen LogP contribution in [-0.2, 0) is 22.7 Å². The number of ether oxygens (including phenoxy) is 1. The van der Waals surface area contributed by atoms with Crippen LogP contribution in [0.3, 0.4) is 0 Å². The van der Waals surface area contributed by atoms with Gasteiger partial charge in [0, 0.05) is 37.4 Å². The van der Waals surface area contributed by atoms with Crippen LogP contribution >= 0.6 is 0 Å². The summed E-state index contributed by atoms with van der Waals surface area (Å²) in [6, 6.07) is 12.2. The van der Waals surface area contributed by atoms with E-state index in [4.69, 9.17) is 4.74 Å². The molecule has 1 aromatic heterocycles. The molecule has 1 atom stereocenters. The van der Waals surface area contributed by atoms with Crippen molar-refractivity contribution in [1.82, 2.24) is 14.4 Å². The van der Waals surface area contributed by atoms with Gasteiger partial charge >= 0.3 is 0 Å². The molecule has 0 aliphatic rings. The Bertz CT molecular complexity index is 919. The molecule has 1 unspecified atom stereocenters. The van der Waals surface area contributed by atoms with Gasteiger partial charge in [0.1, 0.15) is 5.75 Å². The van der Waals surface area contributed by atoms with Gasteiger partial charge in [-0.1, -0.05) is 46.8 Å². The van der Waals surface area contributed by atoms with E-state index in [1.165, 1.54) is 0 Å². The van der Waals surface area contributed by atoms with Crippen LogP contribution in [0.15, 0.2) is 42.6 Å². The average Bonchev–Trinajstić information content (AvgIpc) is 3.22. The average molecular weight is 470 g/mol. The highest BCUT2D eigenvalue weighted by Gasteiger charge is 2.25. The minimum Gasteiger partial charge on any atom is -0.497 e. The highest BCUT2D eigenvalue weighted by atomic mass is 16.5. The van der Waals surface area contributed by atoms with Crippen molar-refractivity contribution in [2.45, 2.75) is 73.5 Å². The zero-order valence-corrected chi connectivity index (χ0v) is 22.1. The SMILES string of the molecule is CCC(C)N(Cc1cccn1Cc1cccc(OC)c1)C(=O)CN(CC(C)C)C(=O)CC(C)C. The molecular formula is C28H43N3O3. The first-order valence-corrected chi connectivity index (χ1v) is 12.5. The molecule has 0 radical (unpaired) electrons. The lowest BCUT2D eigenvalue weighted by atomic mass is 10.1. The molecule has 34 heavy (non-hydrogen) atoms. The molecule has 0 aliphatic heterocycles. The number of hydrogen-bond donors (Lipinski definition) is 0. The van der Waals surface area contributed by atoms with E-state index in [-0.39, 0.29) is 30.3 Å². The number of carbonyl (C=O) groups excluding carboxylic acids is 2. The van der Waals surface area contributed by atoms with Crippen LogP contribution in [0.2, 0.25) is 0 Å². The topological polar surface area (TPSA) is 54.8 Å². The minimum absolute atomic E-state index is 0.00114. The number of benzene rings is 1. The molecule has 188 valence electrons. The molecule has 0 saturated heterocycles. The molecule has 6 nitrogen and oxygen atoms in total. The van der Waals surface area contributed by atoms with E-state index in [9.17, 15) is 9.59 Å². The number of nitrogens with zero attached hydrogens (tertiary/aromatic N) is 3. The summed E-state index contributed by atoms with van der Waals surface area (Å²) in [5, 5.41) is 0. The second-order valence-electron chi connectivity index (χ2n) is 10.0. The molecule has 6 heteroatoms. The maximum atomic E-state index is 13.5.